The van der Waals surface area contributed by atoms with E-state index in [-0.39, 0.29) is 11.9 Å². The maximum Gasteiger partial charge on any atom is 0.636 e. The Kier molecular flexibility index (Phi) is 3.14. The molecule has 1 aliphatic heterocycles. The molecule has 0 atom stereocenters. The molecule has 0 saturated carbocycles. The summed E-state index contributed by atoms with van der Waals surface area (Å²) < 4.78 is 10.3. The molecule has 0 amide bonds. The number of nitrogens with zero attached hydrogens (tertiary/aromatic N) is 1. The highest BCUT2D eigenvalue weighted by Crippen LogP contribution is 2.09. The van der Waals surface area contributed by atoms with Crippen molar-refractivity contribution in [1.82, 2.24) is 4.90 Å². The normalized spacial score (nSPS) is 16.1. The summed E-state index contributed by atoms with van der Waals surface area (Å²) in [4.78, 5) is 1.42. The molecule has 1 heterocycles. The standard InChI is InChI=1S/C11H12BNO4/c1-13-7-10(14)16-12(17-11(15)8-13)9-5-3-2-4-6-9/h2-8,14-15H,1H3. The van der Waals surface area contributed by atoms with Crippen LogP contribution in [0.5, 0.6) is 0 Å². The van der Waals surface area contributed by atoms with E-state index in [9.17, 15) is 10.2 Å². The fourth-order valence-corrected chi connectivity index (χ4v) is 1.44. The predicted molar refractivity (Wildman–Crippen MR) is 63.2 cm³/mol. The summed E-state index contributed by atoms with van der Waals surface area (Å²) in [5.74, 6) is -0.574. The molecule has 1 aliphatic rings. The van der Waals surface area contributed by atoms with Crippen molar-refractivity contribution in [3.63, 3.8) is 0 Å². The second kappa shape index (κ2) is 4.73. The molecular formula is C11H12BNO4. The first-order valence-corrected chi connectivity index (χ1v) is 5.07. The van der Waals surface area contributed by atoms with Crippen LogP contribution in [-0.2, 0) is 9.31 Å². The van der Waals surface area contributed by atoms with Crippen molar-refractivity contribution in [3.8, 4) is 0 Å². The fourth-order valence-electron chi connectivity index (χ4n) is 1.44. The third kappa shape index (κ3) is 2.87. The largest absolute Gasteiger partial charge is 0.636 e. The van der Waals surface area contributed by atoms with Gasteiger partial charge in [0.1, 0.15) is 0 Å². The summed E-state index contributed by atoms with van der Waals surface area (Å²) in [5.41, 5.74) is 0.692. The molecule has 88 valence electrons. The van der Waals surface area contributed by atoms with Gasteiger partial charge in [-0.05, 0) is 0 Å². The van der Waals surface area contributed by atoms with Crippen LogP contribution < -0.4 is 5.46 Å². The average molecular weight is 233 g/mol. The van der Waals surface area contributed by atoms with Crippen LogP contribution >= 0.6 is 0 Å². The molecule has 0 radical (unpaired) electrons. The summed E-state index contributed by atoms with van der Waals surface area (Å²) in [6.45, 7) is 0. The molecular weight excluding hydrogens is 221 g/mol. The Bertz CT molecular complexity index is 424. The van der Waals surface area contributed by atoms with E-state index >= 15 is 0 Å². The van der Waals surface area contributed by atoms with Gasteiger partial charge in [-0.15, -0.1) is 0 Å². The van der Waals surface area contributed by atoms with Crippen molar-refractivity contribution >= 4 is 12.6 Å². The van der Waals surface area contributed by atoms with E-state index in [2.05, 4.69) is 0 Å². The van der Waals surface area contributed by atoms with Gasteiger partial charge < -0.3 is 24.4 Å². The highest BCUT2D eigenvalue weighted by atomic mass is 16.7. The Balaban J connectivity index is 2.25. The van der Waals surface area contributed by atoms with Crippen LogP contribution in [0.1, 0.15) is 0 Å². The van der Waals surface area contributed by atoms with Gasteiger partial charge in [-0.25, -0.2) is 0 Å². The molecule has 17 heavy (non-hydrogen) atoms. The minimum absolute atomic E-state index is 0.287. The zero-order chi connectivity index (χ0) is 12.3. The first-order valence-electron chi connectivity index (χ1n) is 5.07. The number of aliphatic hydroxyl groups excluding tert-OH is 2. The first-order chi connectivity index (χ1) is 8.15. The Hall–Kier alpha value is -2.24. The third-order valence-electron chi connectivity index (χ3n) is 2.16. The number of benzene rings is 1. The summed E-state index contributed by atoms with van der Waals surface area (Å²) >= 11 is 0. The van der Waals surface area contributed by atoms with Crippen molar-refractivity contribution in [3.05, 3.63) is 54.6 Å². The third-order valence-corrected chi connectivity index (χ3v) is 2.16. The van der Waals surface area contributed by atoms with Crippen LogP contribution in [0.15, 0.2) is 54.6 Å². The van der Waals surface area contributed by atoms with Crippen LogP contribution in [-0.4, -0.2) is 29.3 Å². The lowest BCUT2D eigenvalue weighted by Crippen LogP contribution is -2.37. The average Bonchev–Trinajstić information content (AvgIpc) is 2.27. The number of hydrogen-bond acceptors (Lipinski definition) is 5. The van der Waals surface area contributed by atoms with Crippen LogP contribution in [0.2, 0.25) is 0 Å². The molecule has 0 unspecified atom stereocenters. The second-order valence-corrected chi connectivity index (χ2v) is 3.58. The van der Waals surface area contributed by atoms with E-state index in [1.165, 1.54) is 17.3 Å². The van der Waals surface area contributed by atoms with E-state index in [1.54, 1.807) is 19.2 Å². The van der Waals surface area contributed by atoms with Gasteiger partial charge in [0.2, 0.25) is 0 Å². The summed E-state index contributed by atoms with van der Waals surface area (Å²) in [6.07, 6.45) is 2.66. The van der Waals surface area contributed by atoms with Crippen LogP contribution in [0.3, 0.4) is 0 Å². The molecule has 0 aliphatic carbocycles. The SMILES string of the molecule is CN1C=C(O)OB(c2ccccc2)OC(O)=C1. The number of hydrogen-bond donors (Lipinski definition) is 2. The molecule has 0 saturated heterocycles. The molecule has 0 bridgehead atoms. The lowest BCUT2D eigenvalue weighted by atomic mass is 9.79. The van der Waals surface area contributed by atoms with Gasteiger partial charge in [-0.3, -0.25) is 0 Å². The predicted octanol–water partition coefficient (Wildman–Crippen LogP) is 1.07. The van der Waals surface area contributed by atoms with Crippen molar-refractivity contribution in [2.45, 2.75) is 0 Å². The molecule has 5 nitrogen and oxygen atoms in total. The number of aliphatic hydroxyl groups is 2. The molecule has 6 heteroatoms. The quantitative estimate of drug-likeness (QED) is 0.710. The van der Waals surface area contributed by atoms with Crippen molar-refractivity contribution in [2.24, 2.45) is 0 Å². The van der Waals surface area contributed by atoms with E-state index in [0.717, 1.165) is 0 Å². The minimum Gasteiger partial charge on any atom is -0.494 e. The van der Waals surface area contributed by atoms with Crippen LogP contribution in [0.25, 0.3) is 0 Å². The summed E-state index contributed by atoms with van der Waals surface area (Å²) in [5, 5.41) is 19.0. The van der Waals surface area contributed by atoms with Crippen molar-refractivity contribution in [2.75, 3.05) is 7.05 Å². The van der Waals surface area contributed by atoms with Gasteiger partial charge in [0.25, 0.3) is 11.9 Å². The maximum atomic E-state index is 9.51. The maximum absolute atomic E-state index is 9.51. The zero-order valence-corrected chi connectivity index (χ0v) is 9.28. The van der Waals surface area contributed by atoms with Gasteiger partial charge in [0.15, 0.2) is 0 Å². The Morgan fingerprint density at radius 2 is 1.53 bits per heavy atom. The fraction of sp³-hybridized carbons (Fsp3) is 0.0909. The highest BCUT2D eigenvalue weighted by Gasteiger charge is 2.29. The van der Waals surface area contributed by atoms with E-state index in [0.29, 0.717) is 5.46 Å². The topological polar surface area (TPSA) is 62.2 Å². The van der Waals surface area contributed by atoms with E-state index in [1.807, 2.05) is 18.2 Å². The van der Waals surface area contributed by atoms with E-state index < -0.39 is 7.12 Å². The second-order valence-electron chi connectivity index (χ2n) is 3.58. The van der Waals surface area contributed by atoms with Crippen LogP contribution in [0.4, 0.5) is 0 Å². The monoisotopic (exact) mass is 233 g/mol. The number of rotatable bonds is 1. The molecule has 0 fully saturated rings. The van der Waals surface area contributed by atoms with E-state index in [4.69, 9.17) is 9.31 Å². The summed E-state index contributed by atoms with van der Waals surface area (Å²) in [6, 6.07) is 9.03. The highest BCUT2D eigenvalue weighted by molar-refractivity contribution is 6.61. The lowest BCUT2D eigenvalue weighted by molar-refractivity contribution is 0.124. The molecule has 1 aromatic carbocycles. The minimum atomic E-state index is -0.877. The van der Waals surface area contributed by atoms with Crippen molar-refractivity contribution < 1.29 is 19.5 Å². The van der Waals surface area contributed by atoms with Gasteiger partial charge >= 0.3 is 7.12 Å². The van der Waals surface area contributed by atoms with Gasteiger partial charge in [-0.2, -0.15) is 0 Å². The zero-order valence-electron chi connectivity index (χ0n) is 9.28. The van der Waals surface area contributed by atoms with Gasteiger partial charge in [0, 0.05) is 12.5 Å². The summed E-state index contributed by atoms with van der Waals surface area (Å²) in [7, 11) is 0.750. The molecule has 2 rings (SSSR count). The Labute approximate surface area is 99.3 Å². The molecule has 2 N–H and O–H groups in total. The first kappa shape index (κ1) is 11.3. The van der Waals surface area contributed by atoms with Gasteiger partial charge in [0.05, 0.1) is 12.4 Å². The smallest absolute Gasteiger partial charge is 0.494 e. The van der Waals surface area contributed by atoms with Gasteiger partial charge in [-0.1, -0.05) is 30.3 Å². The molecule has 0 spiro atoms. The van der Waals surface area contributed by atoms with Crippen molar-refractivity contribution in [1.29, 1.82) is 0 Å². The Morgan fingerprint density at radius 1 is 1.00 bits per heavy atom. The molecule has 0 aromatic heterocycles. The Morgan fingerprint density at radius 3 is 2.06 bits per heavy atom. The molecule has 1 aromatic rings. The lowest BCUT2D eigenvalue weighted by Gasteiger charge is -2.20. The van der Waals surface area contributed by atoms with Crippen LogP contribution in [0, 0.1) is 0 Å².